The van der Waals surface area contributed by atoms with Gasteiger partial charge in [-0.1, -0.05) is 31.4 Å². The molecule has 0 heterocycles. The normalized spacial score (nSPS) is 14.6. The van der Waals surface area contributed by atoms with Crippen molar-refractivity contribution in [1.82, 2.24) is 4.90 Å². The molecule has 1 aliphatic carbocycles. The first-order chi connectivity index (χ1) is 12.8. The van der Waals surface area contributed by atoms with Crippen LogP contribution >= 0.6 is 0 Å². The molecule has 0 aliphatic heterocycles. The molecule has 0 saturated heterocycles. The zero-order valence-corrected chi connectivity index (χ0v) is 17.2. The molecule has 0 bridgehead atoms. The van der Waals surface area contributed by atoms with Gasteiger partial charge in [-0.2, -0.15) is 0 Å². The topological polar surface area (TPSA) is 76.1 Å². The Kier molecular flexibility index (Phi) is 9.29. The summed E-state index contributed by atoms with van der Waals surface area (Å²) >= 11 is 0. The first-order valence-electron chi connectivity index (χ1n) is 9.42. The highest BCUT2D eigenvalue weighted by molar-refractivity contribution is 5.89. The summed E-state index contributed by atoms with van der Waals surface area (Å²) < 4.78 is 10.3. The first-order valence-corrected chi connectivity index (χ1v) is 9.42. The molecule has 6 nitrogen and oxygen atoms in total. The first kappa shape index (κ1) is 23.0. The summed E-state index contributed by atoms with van der Waals surface area (Å²) in [5.41, 5.74) is 0.968. The van der Waals surface area contributed by atoms with Crippen LogP contribution in [0.3, 0.4) is 0 Å². The third-order valence-corrected chi connectivity index (χ3v) is 4.37. The van der Waals surface area contributed by atoms with Gasteiger partial charge in [-0.25, -0.2) is 9.59 Å². The molecule has 0 radical (unpaired) electrons. The summed E-state index contributed by atoms with van der Waals surface area (Å²) in [5, 5.41) is 7.00. The molecule has 0 spiro atoms. The number of esters is 1. The van der Waals surface area contributed by atoms with Gasteiger partial charge in [0.1, 0.15) is 5.60 Å². The fourth-order valence-electron chi connectivity index (χ4n) is 3.12. The molecule has 0 unspecified atom stereocenters. The third-order valence-electron chi connectivity index (χ3n) is 4.37. The lowest BCUT2D eigenvalue weighted by molar-refractivity contribution is 0.00985. The van der Waals surface area contributed by atoms with Gasteiger partial charge < -0.3 is 19.5 Å². The van der Waals surface area contributed by atoms with Gasteiger partial charge in [0.05, 0.1) is 12.7 Å². The Hall–Kier alpha value is -2.08. The predicted molar refractivity (Wildman–Crippen MR) is 105 cm³/mol. The number of aliphatic hydroxyl groups is 1. The number of rotatable bonds is 4. The molecule has 1 amide bonds. The van der Waals surface area contributed by atoms with Crippen molar-refractivity contribution in [2.45, 2.75) is 71.1 Å². The number of aliphatic hydroxyl groups excluding tert-OH is 1. The van der Waals surface area contributed by atoms with E-state index >= 15 is 0 Å². The van der Waals surface area contributed by atoms with Crippen molar-refractivity contribution in [2.24, 2.45) is 0 Å². The van der Waals surface area contributed by atoms with Crippen molar-refractivity contribution < 1.29 is 24.2 Å². The molecule has 0 atom stereocenters. The minimum absolute atomic E-state index is 0.212. The highest BCUT2D eigenvalue weighted by Crippen LogP contribution is 2.26. The van der Waals surface area contributed by atoms with Crippen LogP contribution in [0.2, 0.25) is 0 Å². The molecular weight excluding hydrogens is 346 g/mol. The van der Waals surface area contributed by atoms with Crippen LogP contribution in [0.25, 0.3) is 0 Å². The zero-order valence-electron chi connectivity index (χ0n) is 17.2. The lowest BCUT2D eigenvalue weighted by atomic mass is 9.94. The van der Waals surface area contributed by atoms with E-state index in [0.717, 1.165) is 38.4 Å². The number of nitrogens with zero attached hydrogens (tertiary/aromatic N) is 1. The Labute approximate surface area is 162 Å². The average molecular weight is 379 g/mol. The number of ether oxygens (including phenoxy) is 2. The quantitative estimate of drug-likeness (QED) is 0.795. The standard InChI is InChI=1S/C20H29NO4.CH4O/c1-20(2,3)25-19(23)21(17-8-6-5-7-9-17)14-15-10-12-16(13-11-15)18(22)24-4;1-2/h10-13,17H,5-9,14H2,1-4H3;2H,1H3. The number of benzene rings is 1. The van der Waals surface area contributed by atoms with Crippen LogP contribution in [-0.2, 0) is 16.0 Å². The molecule has 2 rings (SSSR count). The monoisotopic (exact) mass is 379 g/mol. The minimum Gasteiger partial charge on any atom is -0.465 e. The smallest absolute Gasteiger partial charge is 0.410 e. The van der Waals surface area contributed by atoms with Gasteiger partial charge in [0, 0.05) is 19.7 Å². The zero-order chi connectivity index (χ0) is 20.4. The fraction of sp³-hybridized carbons (Fsp3) is 0.619. The Bertz CT molecular complexity index is 586. The number of carbonyl (C=O) groups is 2. The van der Waals surface area contributed by atoms with E-state index in [1.807, 2.05) is 37.8 Å². The maximum absolute atomic E-state index is 12.7. The lowest BCUT2D eigenvalue weighted by Crippen LogP contribution is -2.43. The van der Waals surface area contributed by atoms with Gasteiger partial charge in [0.25, 0.3) is 0 Å². The van der Waals surface area contributed by atoms with Gasteiger partial charge in [-0.3, -0.25) is 0 Å². The second-order valence-corrected chi connectivity index (χ2v) is 7.59. The highest BCUT2D eigenvalue weighted by atomic mass is 16.6. The van der Waals surface area contributed by atoms with Crippen molar-refractivity contribution in [3.63, 3.8) is 0 Å². The van der Waals surface area contributed by atoms with Crippen molar-refractivity contribution >= 4 is 12.1 Å². The Balaban J connectivity index is 0.00000176. The lowest BCUT2D eigenvalue weighted by Gasteiger charge is -2.35. The van der Waals surface area contributed by atoms with Crippen molar-refractivity contribution in [2.75, 3.05) is 14.2 Å². The third kappa shape index (κ3) is 7.59. The summed E-state index contributed by atoms with van der Waals surface area (Å²) in [5.74, 6) is -0.358. The van der Waals surface area contributed by atoms with E-state index < -0.39 is 5.60 Å². The summed E-state index contributed by atoms with van der Waals surface area (Å²) in [6.45, 7) is 6.14. The maximum atomic E-state index is 12.7. The molecule has 1 aliphatic rings. The van der Waals surface area contributed by atoms with Crippen LogP contribution in [0.5, 0.6) is 0 Å². The minimum atomic E-state index is -0.515. The molecule has 1 N–H and O–H groups in total. The number of hydrogen-bond donors (Lipinski definition) is 1. The van der Waals surface area contributed by atoms with Crippen molar-refractivity contribution in [3.05, 3.63) is 35.4 Å². The Morgan fingerprint density at radius 1 is 1.07 bits per heavy atom. The van der Waals surface area contributed by atoms with Crippen LogP contribution in [0.4, 0.5) is 4.79 Å². The van der Waals surface area contributed by atoms with E-state index in [4.69, 9.17) is 14.6 Å². The second kappa shape index (κ2) is 10.9. The number of hydrogen-bond acceptors (Lipinski definition) is 5. The van der Waals surface area contributed by atoms with E-state index in [2.05, 4.69) is 0 Å². The van der Waals surface area contributed by atoms with Crippen LogP contribution in [-0.4, -0.2) is 47.9 Å². The number of amides is 1. The molecular formula is C21H33NO5. The van der Waals surface area contributed by atoms with Gasteiger partial charge in [-0.05, 0) is 51.3 Å². The number of carbonyl (C=O) groups excluding carboxylic acids is 2. The maximum Gasteiger partial charge on any atom is 0.410 e. The molecule has 6 heteroatoms. The van der Waals surface area contributed by atoms with Crippen LogP contribution < -0.4 is 0 Å². The van der Waals surface area contributed by atoms with E-state index in [1.54, 1.807) is 12.1 Å². The number of methoxy groups -OCH3 is 1. The van der Waals surface area contributed by atoms with Gasteiger partial charge in [0.2, 0.25) is 0 Å². The van der Waals surface area contributed by atoms with Crippen LogP contribution in [0.1, 0.15) is 68.8 Å². The fourth-order valence-corrected chi connectivity index (χ4v) is 3.12. The molecule has 1 saturated carbocycles. The summed E-state index contributed by atoms with van der Waals surface area (Å²) in [6.07, 6.45) is 5.28. The molecule has 0 aromatic heterocycles. The molecule has 27 heavy (non-hydrogen) atoms. The Morgan fingerprint density at radius 2 is 1.63 bits per heavy atom. The summed E-state index contributed by atoms with van der Waals surface area (Å²) in [7, 11) is 2.36. The molecule has 152 valence electrons. The Morgan fingerprint density at radius 3 is 2.11 bits per heavy atom. The van der Waals surface area contributed by atoms with Crippen LogP contribution in [0.15, 0.2) is 24.3 Å². The largest absolute Gasteiger partial charge is 0.465 e. The predicted octanol–water partition coefficient (Wildman–Crippen LogP) is 4.15. The van der Waals surface area contributed by atoms with Crippen molar-refractivity contribution in [1.29, 1.82) is 0 Å². The summed E-state index contributed by atoms with van der Waals surface area (Å²) in [6, 6.07) is 7.41. The second-order valence-electron chi connectivity index (χ2n) is 7.59. The van der Waals surface area contributed by atoms with Crippen LogP contribution in [0, 0.1) is 0 Å². The van der Waals surface area contributed by atoms with Gasteiger partial charge in [-0.15, -0.1) is 0 Å². The molecule has 1 fully saturated rings. The van der Waals surface area contributed by atoms with E-state index in [9.17, 15) is 9.59 Å². The van der Waals surface area contributed by atoms with Gasteiger partial charge in [0.15, 0.2) is 0 Å². The molecule has 1 aromatic rings. The highest BCUT2D eigenvalue weighted by Gasteiger charge is 2.29. The van der Waals surface area contributed by atoms with E-state index in [1.165, 1.54) is 13.5 Å². The van der Waals surface area contributed by atoms with Gasteiger partial charge >= 0.3 is 12.1 Å². The van der Waals surface area contributed by atoms with E-state index in [-0.39, 0.29) is 18.1 Å². The van der Waals surface area contributed by atoms with E-state index in [0.29, 0.717) is 12.1 Å². The van der Waals surface area contributed by atoms with Crippen molar-refractivity contribution in [3.8, 4) is 0 Å². The summed E-state index contributed by atoms with van der Waals surface area (Å²) in [4.78, 5) is 26.1. The molecule has 1 aromatic carbocycles. The SMILES string of the molecule is CO.COC(=O)c1ccc(CN(C(=O)OC(C)(C)C)C2CCCCC2)cc1. The average Bonchev–Trinajstić information content (AvgIpc) is 2.66.